The maximum atomic E-state index is 5.44. The van der Waals surface area contributed by atoms with Gasteiger partial charge in [0.25, 0.3) is 0 Å². The zero-order chi connectivity index (χ0) is 12.0. The van der Waals surface area contributed by atoms with Gasteiger partial charge in [-0.25, -0.2) is 0 Å². The molecule has 1 nitrogen and oxygen atoms in total. The minimum absolute atomic E-state index is 0.117. The van der Waals surface area contributed by atoms with E-state index in [0.29, 0.717) is 0 Å². The number of hydrogen-bond donors (Lipinski definition) is 1. The van der Waals surface area contributed by atoms with Crippen LogP contribution in [0.15, 0.2) is 30.3 Å². The second-order valence-corrected chi connectivity index (χ2v) is 4.76. The summed E-state index contributed by atoms with van der Waals surface area (Å²) in [6.45, 7) is 7.48. The molecule has 0 spiro atoms. The van der Waals surface area contributed by atoms with Crippen LogP contribution >= 0.6 is 0 Å². The third-order valence-electron chi connectivity index (χ3n) is 2.96. The van der Waals surface area contributed by atoms with Crippen LogP contribution in [-0.2, 0) is 5.41 Å². The first-order valence-electron chi connectivity index (χ1n) is 5.85. The highest BCUT2D eigenvalue weighted by molar-refractivity contribution is 5.24. The summed E-state index contributed by atoms with van der Waals surface area (Å²) >= 11 is 0. The molecule has 16 heavy (non-hydrogen) atoms. The maximum absolute atomic E-state index is 5.44. The van der Waals surface area contributed by atoms with Gasteiger partial charge < -0.3 is 5.32 Å². The van der Waals surface area contributed by atoms with Crippen LogP contribution in [0.2, 0.25) is 0 Å². The van der Waals surface area contributed by atoms with Crippen molar-refractivity contribution in [2.75, 3.05) is 6.54 Å². The summed E-state index contributed by atoms with van der Waals surface area (Å²) in [5, 5.41) is 3.42. The molecule has 0 aromatic heterocycles. The fraction of sp³-hybridized carbons (Fsp3) is 0.467. The van der Waals surface area contributed by atoms with E-state index in [-0.39, 0.29) is 11.5 Å². The Hall–Kier alpha value is -1.26. The van der Waals surface area contributed by atoms with E-state index in [9.17, 15) is 0 Å². The van der Waals surface area contributed by atoms with Gasteiger partial charge in [0.15, 0.2) is 0 Å². The highest BCUT2D eigenvalue weighted by Gasteiger charge is 2.20. The molecule has 1 rings (SSSR count). The van der Waals surface area contributed by atoms with E-state index >= 15 is 0 Å². The van der Waals surface area contributed by atoms with Crippen molar-refractivity contribution in [3.05, 3.63) is 35.9 Å². The number of rotatable bonds is 5. The van der Waals surface area contributed by atoms with Gasteiger partial charge in [-0.15, -0.1) is 6.42 Å². The van der Waals surface area contributed by atoms with Crippen molar-refractivity contribution in [2.24, 2.45) is 0 Å². The number of nitrogens with one attached hydrogen (secondary N) is 1. The molecule has 0 amide bonds. The predicted molar refractivity (Wildman–Crippen MR) is 70.4 cm³/mol. The Labute approximate surface area is 99.3 Å². The summed E-state index contributed by atoms with van der Waals surface area (Å²) < 4.78 is 0. The minimum atomic E-state index is 0.117. The summed E-state index contributed by atoms with van der Waals surface area (Å²) in [6.07, 6.45) is 6.41. The first kappa shape index (κ1) is 12.8. The van der Waals surface area contributed by atoms with Crippen LogP contribution in [0.5, 0.6) is 0 Å². The molecule has 0 aliphatic heterocycles. The largest absolute Gasteiger partial charge is 0.303 e. The molecule has 1 N–H and O–H groups in total. The van der Waals surface area contributed by atoms with Gasteiger partial charge in [0.2, 0.25) is 0 Å². The lowest BCUT2D eigenvalue weighted by Crippen LogP contribution is -2.38. The molecular formula is C15H21N. The molecule has 1 atom stereocenters. The van der Waals surface area contributed by atoms with E-state index < -0.39 is 0 Å². The fourth-order valence-electron chi connectivity index (χ4n) is 1.69. The third kappa shape index (κ3) is 3.40. The van der Waals surface area contributed by atoms with E-state index in [2.05, 4.69) is 56.3 Å². The van der Waals surface area contributed by atoms with E-state index in [1.54, 1.807) is 0 Å². The Morgan fingerprint density at radius 3 is 2.44 bits per heavy atom. The zero-order valence-corrected chi connectivity index (χ0v) is 10.5. The third-order valence-corrected chi connectivity index (χ3v) is 2.96. The standard InChI is InChI=1S/C15H21N/c1-5-14(6-2)16-12-15(3,4)13-10-8-7-9-11-13/h1,7-11,14,16H,6,12H2,2-4H3. The van der Waals surface area contributed by atoms with E-state index in [4.69, 9.17) is 6.42 Å². The molecule has 0 aliphatic rings. The Balaban J connectivity index is 2.63. The molecule has 1 unspecified atom stereocenters. The lowest BCUT2D eigenvalue weighted by atomic mass is 9.84. The van der Waals surface area contributed by atoms with E-state index in [1.807, 2.05) is 6.07 Å². The fourth-order valence-corrected chi connectivity index (χ4v) is 1.69. The van der Waals surface area contributed by atoms with Crippen molar-refractivity contribution >= 4 is 0 Å². The van der Waals surface area contributed by atoms with Crippen LogP contribution in [0.1, 0.15) is 32.8 Å². The molecular weight excluding hydrogens is 194 g/mol. The van der Waals surface area contributed by atoms with Crippen molar-refractivity contribution in [2.45, 2.75) is 38.6 Å². The molecule has 86 valence electrons. The molecule has 0 aliphatic carbocycles. The second-order valence-electron chi connectivity index (χ2n) is 4.76. The average Bonchev–Trinajstić information content (AvgIpc) is 2.31. The van der Waals surface area contributed by atoms with Crippen LogP contribution in [0.3, 0.4) is 0 Å². The van der Waals surface area contributed by atoms with Crippen LogP contribution in [-0.4, -0.2) is 12.6 Å². The monoisotopic (exact) mass is 215 g/mol. The highest BCUT2D eigenvalue weighted by Crippen LogP contribution is 2.21. The molecule has 0 fully saturated rings. The number of hydrogen-bond acceptors (Lipinski definition) is 1. The van der Waals surface area contributed by atoms with Crippen LogP contribution in [0, 0.1) is 12.3 Å². The van der Waals surface area contributed by atoms with Crippen molar-refractivity contribution in [1.82, 2.24) is 5.32 Å². The van der Waals surface area contributed by atoms with Gasteiger partial charge in [0, 0.05) is 12.0 Å². The zero-order valence-electron chi connectivity index (χ0n) is 10.5. The quantitative estimate of drug-likeness (QED) is 0.745. The summed E-state index contributed by atoms with van der Waals surface area (Å²) in [5.41, 5.74) is 1.46. The highest BCUT2D eigenvalue weighted by atomic mass is 14.9. The number of terminal acetylenes is 1. The lowest BCUT2D eigenvalue weighted by Gasteiger charge is -2.27. The first-order valence-corrected chi connectivity index (χ1v) is 5.85. The molecule has 0 heterocycles. The van der Waals surface area contributed by atoms with Gasteiger partial charge in [0.05, 0.1) is 6.04 Å². The summed E-state index contributed by atoms with van der Waals surface area (Å²) in [5.74, 6) is 2.76. The Morgan fingerprint density at radius 1 is 1.31 bits per heavy atom. The van der Waals surface area contributed by atoms with Gasteiger partial charge >= 0.3 is 0 Å². The first-order chi connectivity index (χ1) is 7.60. The molecule has 0 saturated heterocycles. The minimum Gasteiger partial charge on any atom is -0.303 e. The number of benzene rings is 1. The molecule has 1 aromatic rings. The molecule has 1 aromatic carbocycles. The second kappa shape index (κ2) is 5.72. The normalized spacial score (nSPS) is 13.1. The lowest BCUT2D eigenvalue weighted by molar-refractivity contribution is 0.445. The van der Waals surface area contributed by atoms with Gasteiger partial charge in [-0.3, -0.25) is 0 Å². The van der Waals surface area contributed by atoms with Gasteiger partial charge in [-0.1, -0.05) is 57.0 Å². The SMILES string of the molecule is C#CC(CC)NCC(C)(C)c1ccccc1. The summed E-state index contributed by atoms with van der Waals surface area (Å²) in [4.78, 5) is 0. The molecule has 0 radical (unpaired) electrons. The summed E-state index contributed by atoms with van der Waals surface area (Å²) in [6, 6.07) is 10.7. The van der Waals surface area contributed by atoms with Crippen LogP contribution in [0.4, 0.5) is 0 Å². The molecule has 0 saturated carbocycles. The van der Waals surface area contributed by atoms with Crippen LogP contribution in [0.25, 0.3) is 0 Å². The Morgan fingerprint density at radius 2 is 1.94 bits per heavy atom. The predicted octanol–water partition coefficient (Wildman–Crippen LogP) is 2.97. The van der Waals surface area contributed by atoms with E-state index in [0.717, 1.165) is 13.0 Å². The van der Waals surface area contributed by atoms with Crippen LogP contribution < -0.4 is 5.32 Å². The smallest absolute Gasteiger partial charge is 0.0684 e. The van der Waals surface area contributed by atoms with Crippen molar-refractivity contribution in [3.63, 3.8) is 0 Å². The van der Waals surface area contributed by atoms with Gasteiger partial charge in [0.1, 0.15) is 0 Å². The van der Waals surface area contributed by atoms with Crippen molar-refractivity contribution < 1.29 is 0 Å². The molecule has 1 heteroatoms. The Bertz CT molecular complexity index is 345. The van der Waals surface area contributed by atoms with Crippen molar-refractivity contribution in [1.29, 1.82) is 0 Å². The van der Waals surface area contributed by atoms with Gasteiger partial charge in [-0.2, -0.15) is 0 Å². The average molecular weight is 215 g/mol. The van der Waals surface area contributed by atoms with Crippen molar-refractivity contribution in [3.8, 4) is 12.3 Å². The topological polar surface area (TPSA) is 12.0 Å². The van der Waals surface area contributed by atoms with E-state index in [1.165, 1.54) is 5.56 Å². The molecule has 0 bridgehead atoms. The Kier molecular flexibility index (Phi) is 4.58. The van der Waals surface area contributed by atoms with Gasteiger partial charge in [-0.05, 0) is 12.0 Å². The maximum Gasteiger partial charge on any atom is 0.0684 e. The summed E-state index contributed by atoms with van der Waals surface area (Å²) in [7, 11) is 0.